The van der Waals surface area contributed by atoms with Crippen molar-refractivity contribution in [1.29, 1.82) is 0 Å². The normalized spacial score (nSPS) is 40.0. The Balaban J connectivity index is 1.04. The van der Waals surface area contributed by atoms with E-state index in [9.17, 15) is 14.4 Å². The van der Waals surface area contributed by atoms with Crippen molar-refractivity contribution < 1.29 is 19.1 Å². The van der Waals surface area contributed by atoms with Crippen LogP contribution in [0.5, 0.6) is 0 Å². The third-order valence-electron chi connectivity index (χ3n) is 7.59. The lowest BCUT2D eigenvalue weighted by atomic mass is 9.63. The highest BCUT2D eigenvalue weighted by Gasteiger charge is 2.66. The topological polar surface area (TPSA) is 75.7 Å². The van der Waals surface area contributed by atoms with Gasteiger partial charge in [-0.2, -0.15) is 0 Å². The minimum Gasteiger partial charge on any atom is -0.376 e. The molecule has 1 N–H and O–H groups in total. The van der Waals surface area contributed by atoms with Crippen molar-refractivity contribution in [2.24, 2.45) is 35.5 Å². The van der Waals surface area contributed by atoms with Crippen LogP contribution >= 0.6 is 0 Å². The number of nitrogens with zero attached hydrogens (tertiary/aromatic N) is 1. The maximum atomic E-state index is 12.9. The Morgan fingerprint density at radius 2 is 1.79 bits per heavy atom. The molecule has 4 aliphatic carbocycles. The third kappa shape index (κ3) is 3.10. The first-order chi connectivity index (χ1) is 13.6. The summed E-state index contributed by atoms with van der Waals surface area (Å²) in [6.07, 6.45) is 10.8. The van der Waals surface area contributed by atoms with E-state index >= 15 is 0 Å². The van der Waals surface area contributed by atoms with Gasteiger partial charge in [0.05, 0.1) is 17.9 Å². The van der Waals surface area contributed by atoms with Crippen LogP contribution in [0.2, 0.25) is 0 Å². The summed E-state index contributed by atoms with van der Waals surface area (Å²) in [4.78, 5) is 39.2. The average Bonchev–Trinajstić information content (AvgIpc) is 3.30. The first-order valence-corrected chi connectivity index (χ1v) is 11.1. The zero-order valence-electron chi connectivity index (χ0n) is 16.3. The highest BCUT2D eigenvalue weighted by atomic mass is 16.5. The molecule has 0 spiro atoms. The number of imide groups is 1. The Morgan fingerprint density at radius 1 is 1.07 bits per heavy atom. The highest BCUT2D eigenvalue weighted by molar-refractivity contribution is 6.06. The summed E-state index contributed by atoms with van der Waals surface area (Å²) in [7, 11) is 0. The summed E-state index contributed by atoms with van der Waals surface area (Å²) in [5.41, 5.74) is 0. The minimum atomic E-state index is -0.0881. The van der Waals surface area contributed by atoms with Crippen molar-refractivity contribution in [3.8, 4) is 0 Å². The number of amides is 3. The minimum absolute atomic E-state index is 0.0639. The molecular formula is C22H30N2O4. The van der Waals surface area contributed by atoms with Gasteiger partial charge >= 0.3 is 0 Å². The summed E-state index contributed by atoms with van der Waals surface area (Å²) >= 11 is 0. The lowest BCUT2D eigenvalue weighted by Crippen LogP contribution is -2.40. The zero-order valence-corrected chi connectivity index (χ0v) is 16.3. The van der Waals surface area contributed by atoms with Gasteiger partial charge in [0.15, 0.2) is 0 Å². The molecule has 6 rings (SSSR count). The maximum absolute atomic E-state index is 12.9. The maximum Gasteiger partial charge on any atom is 0.233 e. The van der Waals surface area contributed by atoms with Crippen molar-refractivity contribution in [3.05, 3.63) is 12.2 Å². The summed E-state index contributed by atoms with van der Waals surface area (Å²) in [6.45, 7) is 1.92. The Morgan fingerprint density at radius 3 is 2.43 bits per heavy atom. The van der Waals surface area contributed by atoms with Gasteiger partial charge in [-0.05, 0) is 55.8 Å². The van der Waals surface area contributed by atoms with E-state index in [1.165, 1.54) is 11.3 Å². The fourth-order valence-corrected chi connectivity index (χ4v) is 6.09. The monoisotopic (exact) mass is 386 g/mol. The number of carbonyl (C=O) groups is 3. The average molecular weight is 386 g/mol. The number of nitrogens with one attached hydrogen (secondary N) is 1. The van der Waals surface area contributed by atoms with Crippen LogP contribution in [-0.2, 0) is 19.1 Å². The van der Waals surface area contributed by atoms with Gasteiger partial charge in [-0.1, -0.05) is 18.6 Å². The van der Waals surface area contributed by atoms with Crippen molar-refractivity contribution >= 4 is 17.7 Å². The van der Waals surface area contributed by atoms with Gasteiger partial charge in [-0.25, -0.2) is 0 Å². The standard InChI is InChI=1S/C22H30N2O4/c25-18(23-12-13-5-4-10-28-13)6-2-1-3-9-24-21(26)19-14-7-8-15(17-11-16(14)17)20(19)22(24)27/h7-8,13-17,19-20H,1-6,9-12H2,(H,23,25). The number of ether oxygens (including phenoxy) is 1. The molecule has 0 aromatic carbocycles. The molecule has 2 bridgehead atoms. The Hall–Kier alpha value is -1.69. The molecule has 2 heterocycles. The van der Waals surface area contributed by atoms with Gasteiger partial charge in [0.25, 0.3) is 0 Å². The molecule has 152 valence electrons. The van der Waals surface area contributed by atoms with Crippen LogP contribution in [0, 0.1) is 35.5 Å². The van der Waals surface area contributed by atoms with Gasteiger partial charge in [0.1, 0.15) is 0 Å². The molecule has 2 saturated heterocycles. The zero-order chi connectivity index (χ0) is 19.3. The highest BCUT2D eigenvalue weighted by Crippen LogP contribution is 2.65. The van der Waals surface area contributed by atoms with E-state index in [0.29, 0.717) is 43.2 Å². The number of hydrogen-bond acceptors (Lipinski definition) is 4. The largest absolute Gasteiger partial charge is 0.376 e. The molecule has 0 radical (unpaired) electrons. The molecule has 3 amide bonds. The molecule has 7 unspecified atom stereocenters. The van der Waals surface area contributed by atoms with Crippen LogP contribution < -0.4 is 5.32 Å². The molecule has 7 atom stereocenters. The predicted molar refractivity (Wildman–Crippen MR) is 102 cm³/mol. The summed E-state index contributed by atoms with van der Waals surface area (Å²) in [5, 5.41) is 2.94. The molecule has 2 aliphatic heterocycles. The van der Waals surface area contributed by atoms with Crippen LogP contribution in [0.1, 0.15) is 44.9 Å². The van der Waals surface area contributed by atoms with Crippen molar-refractivity contribution in [3.63, 3.8) is 0 Å². The van der Waals surface area contributed by atoms with Gasteiger partial charge in [0, 0.05) is 26.1 Å². The molecule has 28 heavy (non-hydrogen) atoms. The summed E-state index contributed by atoms with van der Waals surface area (Å²) in [6, 6.07) is 0. The van der Waals surface area contributed by atoms with E-state index in [1.807, 2.05) is 0 Å². The van der Waals surface area contributed by atoms with Gasteiger partial charge in [0.2, 0.25) is 17.7 Å². The van der Waals surface area contributed by atoms with Gasteiger partial charge in [-0.15, -0.1) is 0 Å². The molecule has 4 fully saturated rings. The second-order valence-electron chi connectivity index (χ2n) is 9.23. The first kappa shape index (κ1) is 18.3. The quantitative estimate of drug-likeness (QED) is 0.393. The van der Waals surface area contributed by atoms with Crippen molar-refractivity contribution in [2.45, 2.75) is 51.0 Å². The SMILES string of the molecule is O=C(CCCCCN1C(=O)C2C3C=CC(C4CC34)C2C1=O)NCC1CCCO1. The lowest BCUT2D eigenvalue weighted by molar-refractivity contribution is -0.140. The van der Waals surface area contributed by atoms with Crippen LogP contribution in [0.3, 0.4) is 0 Å². The van der Waals surface area contributed by atoms with Gasteiger partial charge < -0.3 is 10.1 Å². The molecule has 6 aliphatic rings. The predicted octanol–water partition coefficient (Wildman–Crippen LogP) is 1.90. The Bertz CT molecular complexity index is 663. The number of rotatable bonds is 8. The van der Waals surface area contributed by atoms with E-state index in [4.69, 9.17) is 4.74 Å². The van der Waals surface area contributed by atoms with E-state index < -0.39 is 0 Å². The fraction of sp³-hybridized carbons (Fsp3) is 0.773. The molecule has 0 aromatic rings. The molecular weight excluding hydrogens is 356 g/mol. The number of likely N-dealkylation sites (tertiary alicyclic amines) is 1. The Labute approximate surface area is 166 Å². The number of carbonyl (C=O) groups excluding carboxylic acids is 3. The van der Waals surface area contributed by atoms with Crippen LogP contribution in [0.4, 0.5) is 0 Å². The van der Waals surface area contributed by atoms with Crippen molar-refractivity contribution in [1.82, 2.24) is 10.2 Å². The van der Waals surface area contributed by atoms with E-state index in [-0.39, 0.29) is 35.7 Å². The molecule has 0 aromatic heterocycles. The smallest absolute Gasteiger partial charge is 0.233 e. The lowest BCUT2D eigenvalue weighted by Gasteiger charge is -2.37. The summed E-state index contributed by atoms with van der Waals surface area (Å²) < 4.78 is 5.50. The van der Waals surface area contributed by atoms with E-state index in [2.05, 4.69) is 17.5 Å². The number of unbranched alkanes of at least 4 members (excludes halogenated alkanes) is 2. The second kappa shape index (κ2) is 7.29. The summed E-state index contributed by atoms with van der Waals surface area (Å²) in [5.74, 6) is 1.93. The fourth-order valence-electron chi connectivity index (χ4n) is 6.09. The first-order valence-electron chi connectivity index (χ1n) is 11.1. The molecule has 6 heteroatoms. The second-order valence-corrected chi connectivity index (χ2v) is 9.23. The van der Waals surface area contributed by atoms with E-state index in [1.54, 1.807) is 0 Å². The van der Waals surface area contributed by atoms with Crippen molar-refractivity contribution in [2.75, 3.05) is 19.7 Å². The van der Waals surface area contributed by atoms with Crippen LogP contribution in [-0.4, -0.2) is 48.4 Å². The van der Waals surface area contributed by atoms with Crippen LogP contribution in [0.15, 0.2) is 12.2 Å². The molecule has 6 nitrogen and oxygen atoms in total. The Kier molecular flexibility index (Phi) is 4.77. The van der Waals surface area contributed by atoms with Gasteiger partial charge in [-0.3, -0.25) is 19.3 Å². The third-order valence-corrected chi connectivity index (χ3v) is 7.59. The number of hydrogen-bond donors (Lipinski definition) is 1. The van der Waals surface area contributed by atoms with Crippen LogP contribution in [0.25, 0.3) is 0 Å². The number of allylic oxidation sites excluding steroid dienone is 2. The van der Waals surface area contributed by atoms with E-state index in [0.717, 1.165) is 38.7 Å². The molecule has 2 saturated carbocycles.